The molecule has 0 aliphatic rings. The molecule has 25 heavy (non-hydrogen) atoms. The van der Waals surface area contributed by atoms with Crippen LogP contribution in [-0.4, -0.2) is 21.3 Å². The molecule has 0 aromatic heterocycles. The van der Waals surface area contributed by atoms with Gasteiger partial charge < -0.3 is 4.74 Å². The maximum atomic E-state index is 12.9. The fourth-order valence-corrected chi connectivity index (χ4v) is 3.71. The molecule has 0 unspecified atom stereocenters. The highest BCUT2D eigenvalue weighted by Gasteiger charge is 2.35. The number of hydrogen-bond acceptors (Lipinski definition) is 4. The standard InChI is InChI=1S/C16H13F3N2O3S/c17-16(18,19)24-14-9-4-5-10-15(14)25(22,23)21(12-6-11-20)13-7-2-1-3-8-13/h1-5,7-10H,6,12H2. The molecular weight excluding hydrogens is 357 g/mol. The van der Waals surface area contributed by atoms with Crippen molar-refractivity contribution >= 4 is 15.7 Å². The smallest absolute Gasteiger partial charge is 0.404 e. The van der Waals surface area contributed by atoms with Crippen LogP contribution in [0.3, 0.4) is 0 Å². The predicted octanol–water partition coefficient (Wildman–Crippen LogP) is 3.69. The van der Waals surface area contributed by atoms with Crippen LogP contribution in [0, 0.1) is 11.3 Å². The summed E-state index contributed by atoms with van der Waals surface area (Å²) in [5, 5.41) is 8.76. The number of rotatable bonds is 6. The topological polar surface area (TPSA) is 70.4 Å². The van der Waals surface area contributed by atoms with Gasteiger partial charge in [0.1, 0.15) is 10.6 Å². The number of para-hydroxylation sites is 2. The number of hydrogen-bond donors (Lipinski definition) is 0. The number of nitrogens with zero attached hydrogens (tertiary/aromatic N) is 2. The lowest BCUT2D eigenvalue weighted by atomic mass is 10.3. The summed E-state index contributed by atoms with van der Waals surface area (Å²) in [6, 6.07) is 14.1. The molecule has 0 radical (unpaired) electrons. The van der Waals surface area contributed by atoms with Gasteiger partial charge in [0, 0.05) is 6.54 Å². The molecule has 0 saturated carbocycles. The molecule has 2 rings (SSSR count). The number of ether oxygens (including phenoxy) is 1. The second-order valence-electron chi connectivity index (χ2n) is 4.82. The Morgan fingerprint density at radius 1 is 1.04 bits per heavy atom. The first-order valence-corrected chi connectivity index (χ1v) is 8.49. The number of alkyl halides is 3. The van der Waals surface area contributed by atoms with Gasteiger partial charge in [0.25, 0.3) is 10.0 Å². The Hall–Kier alpha value is -2.73. The summed E-state index contributed by atoms with van der Waals surface area (Å²) >= 11 is 0. The van der Waals surface area contributed by atoms with Crippen molar-refractivity contribution in [3.63, 3.8) is 0 Å². The Balaban J connectivity index is 2.53. The lowest BCUT2D eigenvalue weighted by Gasteiger charge is -2.24. The molecule has 132 valence electrons. The van der Waals surface area contributed by atoms with Gasteiger partial charge in [-0.3, -0.25) is 4.31 Å². The van der Waals surface area contributed by atoms with Gasteiger partial charge >= 0.3 is 6.36 Å². The summed E-state index contributed by atoms with van der Waals surface area (Å²) in [4.78, 5) is -0.630. The van der Waals surface area contributed by atoms with Crippen molar-refractivity contribution in [2.45, 2.75) is 17.7 Å². The minimum Gasteiger partial charge on any atom is -0.404 e. The van der Waals surface area contributed by atoms with Crippen LogP contribution < -0.4 is 9.04 Å². The van der Waals surface area contributed by atoms with E-state index in [-0.39, 0.29) is 18.7 Å². The normalized spacial score (nSPS) is 11.6. The molecule has 0 heterocycles. The van der Waals surface area contributed by atoms with E-state index in [1.807, 2.05) is 6.07 Å². The van der Waals surface area contributed by atoms with Crippen molar-refractivity contribution in [3.05, 3.63) is 54.6 Å². The Kier molecular flexibility index (Phi) is 5.54. The molecule has 0 atom stereocenters. The summed E-state index contributed by atoms with van der Waals surface area (Å²) in [5.74, 6) is -0.826. The Morgan fingerprint density at radius 2 is 1.64 bits per heavy atom. The van der Waals surface area contributed by atoms with Gasteiger partial charge in [0.15, 0.2) is 0 Å². The highest BCUT2D eigenvalue weighted by atomic mass is 32.2. The summed E-state index contributed by atoms with van der Waals surface area (Å²) in [6.45, 7) is -0.205. The van der Waals surface area contributed by atoms with Gasteiger partial charge in [-0.1, -0.05) is 30.3 Å². The third-order valence-electron chi connectivity index (χ3n) is 3.11. The van der Waals surface area contributed by atoms with E-state index < -0.39 is 27.0 Å². The third kappa shape index (κ3) is 4.64. The quantitative estimate of drug-likeness (QED) is 0.778. The third-order valence-corrected chi connectivity index (χ3v) is 4.98. The van der Waals surface area contributed by atoms with E-state index in [1.54, 1.807) is 18.2 Å². The molecule has 0 amide bonds. The molecular formula is C16H13F3N2O3S. The maximum Gasteiger partial charge on any atom is 0.573 e. The number of sulfonamides is 1. The van der Waals surface area contributed by atoms with Gasteiger partial charge in [-0.05, 0) is 24.3 Å². The van der Waals surface area contributed by atoms with Gasteiger partial charge in [-0.15, -0.1) is 13.2 Å². The first-order chi connectivity index (χ1) is 11.8. The lowest BCUT2D eigenvalue weighted by molar-refractivity contribution is -0.275. The largest absolute Gasteiger partial charge is 0.573 e. The highest BCUT2D eigenvalue weighted by molar-refractivity contribution is 7.93. The zero-order valence-corrected chi connectivity index (χ0v) is 13.6. The van der Waals surface area contributed by atoms with Gasteiger partial charge in [-0.2, -0.15) is 5.26 Å². The summed E-state index contributed by atoms with van der Waals surface area (Å²) in [6.07, 6.45) is -5.16. The number of anilines is 1. The summed E-state index contributed by atoms with van der Waals surface area (Å²) in [5.41, 5.74) is 0.236. The zero-order valence-electron chi connectivity index (χ0n) is 12.8. The molecule has 0 fully saturated rings. The molecule has 0 saturated heterocycles. The van der Waals surface area contributed by atoms with Crippen LogP contribution in [0.5, 0.6) is 5.75 Å². The number of nitriles is 1. The lowest BCUT2D eigenvalue weighted by Crippen LogP contribution is -2.32. The van der Waals surface area contributed by atoms with E-state index in [2.05, 4.69) is 4.74 Å². The van der Waals surface area contributed by atoms with Gasteiger partial charge in [-0.25, -0.2) is 8.42 Å². The molecule has 0 aliphatic heterocycles. The maximum absolute atomic E-state index is 12.9. The van der Waals surface area contributed by atoms with E-state index in [1.165, 1.54) is 24.3 Å². The van der Waals surface area contributed by atoms with Crippen molar-refractivity contribution in [2.75, 3.05) is 10.8 Å². The van der Waals surface area contributed by atoms with Crippen molar-refractivity contribution < 1.29 is 26.3 Å². The van der Waals surface area contributed by atoms with Crippen LogP contribution in [0.15, 0.2) is 59.5 Å². The second kappa shape index (κ2) is 7.44. The van der Waals surface area contributed by atoms with Gasteiger partial charge in [0.05, 0.1) is 18.2 Å². The fourth-order valence-electron chi connectivity index (χ4n) is 2.12. The van der Waals surface area contributed by atoms with Crippen LogP contribution in [0.1, 0.15) is 6.42 Å². The van der Waals surface area contributed by atoms with Crippen LogP contribution >= 0.6 is 0 Å². The Bertz CT molecular complexity index is 862. The van der Waals surface area contributed by atoms with Crippen LogP contribution in [0.25, 0.3) is 0 Å². The van der Waals surface area contributed by atoms with Crippen molar-refractivity contribution in [3.8, 4) is 11.8 Å². The van der Waals surface area contributed by atoms with E-state index in [0.29, 0.717) is 0 Å². The van der Waals surface area contributed by atoms with Crippen LogP contribution in [0.2, 0.25) is 0 Å². The van der Waals surface area contributed by atoms with Crippen molar-refractivity contribution in [2.24, 2.45) is 0 Å². The van der Waals surface area contributed by atoms with E-state index in [9.17, 15) is 21.6 Å². The first-order valence-electron chi connectivity index (χ1n) is 7.05. The molecule has 2 aromatic rings. The van der Waals surface area contributed by atoms with E-state index >= 15 is 0 Å². The molecule has 0 aliphatic carbocycles. The molecule has 5 nitrogen and oxygen atoms in total. The predicted molar refractivity (Wildman–Crippen MR) is 84.3 cm³/mol. The van der Waals surface area contributed by atoms with Crippen LogP contribution in [0.4, 0.5) is 18.9 Å². The first kappa shape index (κ1) is 18.6. The average Bonchev–Trinajstić information content (AvgIpc) is 2.55. The zero-order chi connectivity index (χ0) is 18.5. The minimum absolute atomic E-state index is 0.129. The fraction of sp³-hybridized carbons (Fsp3) is 0.188. The monoisotopic (exact) mass is 370 g/mol. The van der Waals surface area contributed by atoms with Gasteiger partial charge in [0.2, 0.25) is 0 Å². The SMILES string of the molecule is N#CCCN(c1ccccc1)S(=O)(=O)c1ccccc1OC(F)(F)F. The van der Waals surface area contributed by atoms with E-state index in [4.69, 9.17) is 5.26 Å². The average molecular weight is 370 g/mol. The second-order valence-corrected chi connectivity index (χ2v) is 6.65. The van der Waals surface area contributed by atoms with E-state index in [0.717, 1.165) is 16.4 Å². The Labute approximate surface area is 142 Å². The number of benzene rings is 2. The highest BCUT2D eigenvalue weighted by Crippen LogP contribution is 2.33. The molecule has 2 aromatic carbocycles. The van der Waals surface area contributed by atoms with Crippen molar-refractivity contribution in [1.29, 1.82) is 5.26 Å². The Morgan fingerprint density at radius 3 is 2.24 bits per heavy atom. The van der Waals surface area contributed by atoms with Crippen molar-refractivity contribution in [1.82, 2.24) is 0 Å². The minimum atomic E-state index is -5.03. The summed E-state index contributed by atoms with van der Waals surface area (Å²) < 4.78 is 68.2. The molecule has 0 spiro atoms. The molecule has 0 N–H and O–H groups in total. The molecule has 9 heteroatoms. The molecule has 0 bridgehead atoms. The number of halogens is 3. The summed E-state index contributed by atoms with van der Waals surface area (Å²) in [7, 11) is -4.37. The van der Waals surface area contributed by atoms with Crippen LogP contribution in [-0.2, 0) is 10.0 Å².